The summed E-state index contributed by atoms with van der Waals surface area (Å²) in [5.74, 6) is -3.36. The Morgan fingerprint density at radius 1 is 0.467 bits per heavy atom. The molecule has 0 aromatic rings. The Kier molecular flexibility index (Phi) is 64.2. The third-order valence-corrected chi connectivity index (χ3v) is 12.4. The smallest absolute Gasteiger partial charge is 0.344 e. The van der Waals surface area contributed by atoms with E-state index in [2.05, 4.69) is 34.6 Å². The van der Waals surface area contributed by atoms with Gasteiger partial charge in [0, 0.05) is 12.3 Å². The molecule has 0 saturated carbocycles. The quantitative estimate of drug-likeness (QED) is 0.0187. The topological polar surface area (TPSA) is 161 Å². The van der Waals surface area contributed by atoms with E-state index in [0.717, 1.165) is 122 Å². The van der Waals surface area contributed by atoms with Crippen molar-refractivity contribution in [1.82, 2.24) is 4.90 Å². The minimum atomic E-state index is -0.629. The number of hydrogen-bond acceptors (Lipinski definition) is 12. The van der Waals surface area contributed by atoms with Crippen LogP contribution in [-0.2, 0) is 57.2 Å². The van der Waals surface area contributed by atoms with Crippen LogP contribution in [0.25, 0.3) is 0 Å². The molecule has 1 amide bonds. The van der Waals surface area contributed by atoms with E-state index in [1.54, 1.807) is 0 Å². The standard InChI is InChI=1S/C53H92BNO12.C3H7.2C2H6.U/c1-5-9-13-17-21-25-29-48(54)63-39-45(40-65-50(58)31-27-23-19-15-11-7-3)37-53(61)67-42-47-33-32-46(55(47)43-56)41-66-52(60)36-44(35-51(59)62-34-28-24-20-16-12-8-4)38-64-49(57)30-26-22-18-14-10-6-2;1-3-2;2*1-2;/h44-47H,5-42H2,1-4H3;1,3H2,2H3;2*1-2H3;/q2*-1;;;+2. The Hall–Kier alpha value is -2.39. The van der Waals surface area contributed by atoms with Crippen LogP contribution in [-0.4, -0.2) is 106 Å². The number of likely N-dealkylation sites (tertiary alicyclic amines) is 1. The second-order valence-corrected chi connectivity index (χ2v) is 19.3. The number of carbonyl (C=O) groups excluding carboxylic acids is 6. The fraction of sp³-hybridized carbons (Fsp3) is 0.867. The van der Waals surface area contributed by atoms with Gasteiger partial charge >= 0.3 is 262 Å². The second-order valence-electron chi connectivity index (χ2n) is 19.3. The molecule has 1 fully saturated rings. The Morgan fingerprint density at radius 2 is 0.787 bits per heavy atom. The number of amides is 1. The van der Waals surface area contributed by atoms with Crippen molar-refractivity contribution in [1.29, 1.82) is 0 Å². The van der Waals surface area contributed by atoms with Crippen molar-refractivity contribution in [2.24, 2.45) is 11.8 Å². The molecule has 435 valence electrons. The number of unbranched alkanes of at least 4 members (excludes halogenated alkanes) is 20. The van der Waals surface area contributed by atoms with E-state index in [1.165, 1.54) is 43.4 Å². The summed E-state index contributed by atoms with van der Waals surface area (Å²) < 4.78 is 33.7. The van der Waals surface area contributed by atoms with Crippen LogP contribution in [0.4, 0.5) is 0 Å². The summed E-state index contributed by atoms with van der Waals surface area (Å²) in [6.07, 6.45) is 30.3. The zero-order valence-electron chi connectivity index (χ0n) is 49.5. The van der Waals surface area contributed by atoms with Gasteiger partial charge in [0.25, 0.3) is 0 Å². The van der Waals surface area contributed by atoms with Gasteiger partial charge in [0.05, 0.1) is 26.1 Å². The molecule has 0 bridgehead atoms. The van der Waals surface area contributed by atoms with Crippen LogP contribution in [0, 0.1) is 49.9 Å². The van der Waals surface area contributed by atoms with Gasteiger partial charge in [0.2, 0.25) is 0 Å². The van der Waals surface area contributed by atoms with E-state index in [0.29, 0.717) is 37.9 Å². The predicted molar refractivity (Wildman–Crippen MR) is 302 cm³/mol. The van der Waals surface area contributed by atoms with Crippen molar-refractivity contribution in [3.05, 3.63) is 6.92 Å². The molecule has 0 aliphatic carbocycles. The summed E-state index contributed by atoms with van der Waals surface area (Å²) >= 11 is 0. The molecule has 13 nitrogen and oxygen atoms in total. The summed E-state index contributed by atoms with van der Waals surface area (Å²) in [4.78, 5) is 77.8. The normalized spacial score (nSPS) is 14.1. The van der Waals surface area contributed by atoms with Crippen LogP contribution >= 0.6 is 0 Å². The van der Waals surface area contributed by atoms with Crippen LogP contribution in [0.5, 0.6) is 0 Å². The predicted octanol–water partition coefficient (Wildman–Crippen LogP) is 14.2. The molecular weight excluding hydrogens is 1180 g/mol. The molecule has 0 aromatic carbocycles. The van der Waals surface area contributed by atoms with E-state index in [9.17, 15) is 28.8 Å². The molecule has 1 heterocycles. The van der Waals surface area contributed by atoms with Crippen molar-refractivity contribution < 1.29 is 88.3 Å². The van der Waals surface area contributed by atoms with Gasteiger partial charge in [0.15, 0.2) is 0 Å². The van der Waals surface area contributed by atoms with E-state index in [4.69, 9.17) is 35.9 Å². The first kappa shape index (κ1) is 79.1. The van der Waals surface area contributed by atoms with Crippen LogP contribution in [0.15, 0.2) is 0 Å². The van der Waals surface area contributed by atoms with E-state index in [-0.39, 0.29) is 102 Å². The summed E-state index contributed by atoms with van der Waals surface area (Å²) in [7, 11) is 6.19. The Morgan fingerprint density at radius 3 is 1.19 bits per heavy atom. The van der Waals surface area contributed by atoms with Crippen molar-refractivity contribution >= 4 is 49.4 Å². The molecule has 1 rings (SSSR count). The van der Waals surface area contributed by atoms with E-state index in [1.807, 2.05) is 41.0 Å². The molecule has 0 aromatic heterocycles. The molecule has 75 heavy (non-hydrogen) atoms. The first-order chi connectivity index (χ1) is 36.0. The molecule has 1 aliphatic heterocycles. The molecule has 1 radical (unpaired) electrons. The maximum atomic E-state index is 13.2. The number of rotatable bonds is 46. The molecular formula is C60H111BNO12U. The molecule has 1 aliphatic rings. The molecule has 15 heteroatoms. The van der Waals surface area contributed by atoms with E-state index >= 15 is 0 Å². The van der Waals surface area contributed by atoms with Gasteiger partial charge in [-0.3, -0.25) is 14.4 Å². The van der Waals surface area contributed by atoms with Gasteiger partial charge in [-0.1, -0.05) is 132 Å². The van der Waals surface area contributed by atoms with Crippen LogP contribution < -0.4 is 0 Å². The van der Waals surface area contributed by atoms with Gasteiger partial charge in [-0.25, -0.2) is 0 Å². The average Bonchev–Trinajstić information content (AvgIpc) is 3.80. The summed E-state index contributed by atoms with van der Waals surface area (Å²) in [6.45, 7) is 22.2. The minimum absolute atomic E-state index is 0. The van der Waals surface area contributed by atoms with E-state index < -0.39 is 41.8 Å². The zero-order chi connectivity index (χ0) is 55.9. The van der Waals surface area contributed by atoms with Crippen molar-refractivity contribution in [2.75, 3.05) is 39.6 Å². The first-order valence-electron chi connectivity index (χ1n) is 29.9. The van der Waals surface area contributed by atoms with Gasteiger partial charge in [-0.2, -0.15) is 6.42 Å². The maximum absolute atomic E-state index is 13.2. The Balaban J connectivity index is -0.00000299. The molecule has 0 spiro atoms. The summed E-state index contributed by atoms with van der Waals surface area (Å²) in [5.41, 5.74) is 0.390. The summed E-state index contributed by atoms with van der Waals surface area (Å²) in [5, 5.41) is 0. The molecule has 4 atom stereocenters. The number of ether oxygens (including phenoxy) is 6. The SMILES string of the molecule is CC.CC.[B]=C(CCCCCCCC)OCC(COC(=O)CCCCCCCC)CC(=O)OCC1CCC(COC(=O)CC(COC(=O)CCCCCCCC)CC(=O)OCCCCCCCC)N1[C-]=O.[CH2-]CC.[U+2]. The number of hydrogen-bond donors (Lipinski definition) is 0. The zero-order valence-corrected chi connectivity index (χ0v) is 53.7. The van der Waals surface area contributed by atoms with Crippen molar-refractivity contribution in [2.45, 2.75) is 286 Å². The number of carbonyl (C=O) groups is 5. The van der Waals surface area contributed by atoms with Crippen LogP contribution in [0.1, 0.15) is 274 Å². The van der Waals surface area contributed by atoms with Gasteiger partial charge < -0.3 is 21.1 Å². The third kappa shape index (κ3) is 50.8. The van der Waals surface area contributed by atoms with Crippen LogP contribution in [0.3, 0.4) is 0 Å². The second kappa shape index (κ2) is 60.8. The monoisotopic (exact) mass is 1290 g/mol. The van der Waals surface area contributed by atoms with Crippen molar-refractivity contribution in [3.8, 4) is 0 Å². The summed E-state index contributed by atoms with van der Waals surface area (Å²) in [6, 6.07) is -0.963. The first-order valence-corrected chi connectivity index (χ1v) is 29.9. The molecule has 0 N–H and O–H groups in total. The fourth-order valence-corrected chi connectivity index (χ4v) is 8.17. The number of nitrogens with zero attached hydrogens (tertiary/aromatic N) is 1. The van der Waals surface area contributed by atoms with Crippen LogP contribution in [0.2, 0.25) is 0 Å². The average molecular weight is 1290 g/mol. The number of esters is 5. The van der Waals surface area contributed by atoms with Gasteiger partial charge in [-0.05, 0) is 12.8 Å². The Labute approximate surface area is 484 Å². The molecule has 1 saturated heterocycles. The van der Waals surface area contributed by atoms with Gasteiger partial charge in [-0.15, -0.1) is 0 Å². The van der Waals surface area contributed by atoms with Gasteiger partial charge in [0.1, 0.15) is 0 Å². The molecule has 4 unspecified atom stereocenters. The fourth-order valence-electron chi connectivity index (χ4n) is 8.17. The third-order valence-electron chi connectivity index (χ3n) is 12.4. The Bertz CT molecular complexity index is 1320. The minimum Gasteiger partial charge on any atom is -0.344 e. The van der Waals surface area contributed by atoms with Crippen molar-refractivity contribution in [3.63, 3.8) is 0 Å².